The van der Waals surface area contributed by atoms with E-state index in [2.05, 4.69) is 34.4 Å². The van der Waals surface area contributed by atoms with Gasteiger partial charge in [0.05, 0.1) is 21.3 Å². The van der Waals surface area contributed by atoms with Crippen molar-refractivity contribution in [1.82, 2.24) is 15.5 Å². The number of aliphatic imine (C=N–C) groups is 1. The molecule has 0 fully saturated rings. The SMILES string of the molecule is CCN(CC)CCNC(=NC)NCc1cc(OC)c(OC)c(OC)c1. The van der Waals surface area contributed by atoms with Crippen LogP contribution in [0.4, 0.5) is 0 Å². The van der Waals surface area contributed by atoms with E-state index in [1.54, 1.807) is 28.4 Å². The first-order valence-electron chi connectivity index (χ1n) is 8.59. The fourth-order valence-electron chi connectivity index (χ4n) is 2.52. The molecule has 0 spiro atoms. The smallest absolute Gasteiger partial charge is 0.203 e. The van der Waals surface area contributed by atoms with E-state index >= 15 is 0 Å². The van der Waals surface area contributed by atoms with Crippen LogP contribution in [0.1, 0.15) is 19.4 Å². The monoisotopic (exact) mass is 352 g/mol. The topological polar surface area (TPSA) is 67.4 Å². The van der Waals surface area contributed by atoms with Gasteiger partial charge in [0.1, 0.15) is 0 Å². The number of nitrogens with one attached hydrogen (secondary N) is 2. The maximum Gasteiger partial charge on any atom is 0.203 e. The van der Waals surface area contributed by atoms with Crippen LogP contribution in [0.5, 0.6) is 17.2 Å². The van der Waals surface area contributed by atoms with Crippen LogP contribution in [0.2, 0.25) is 0 Å². The molecule has 0 saturated carbocycles. The number of benzene rings is 1. The Bertz CT molecular complexity index is 520. The van der Waals surface area contributed by atoms with Gasteiger partial charge in [-0.1, -0.05) is 13.8 Å². The molecule has 1 rings (SSSR count). The molecule has 0 aromatic heterocycles. The molecule has 0 atom stereocenters. The van der Waals surface area contributed by atoms with E-state index in [0.717, 1.165) is 37.7 Å². The average molecular weight is 352 g/mol. The Morgan fingerprint density at radius 2 is 1.60 bits per heavy atom. The van der Waals surface area contributed by atoms with Gasteiger partial charge in [0.2, 0.25) is 5.75 Å². The van der Waals surface area contributed by atoms with Gasteiger partial charge < -0.3 is 29.7 Å². The number of likely N-dealkylation sites (N-methyl/N-ethyl adjacent to an activating group) is 1. The molecule has 1 aromatic rings. The van der Waals surface area contributed by atoms with Crippen molar-refractivity contribution < 1.29 is 14.2 Å². The molecule has 0 unspecified atom stereocenters. The highest BCUT2D eigenvalue weighted by Crippen LogP contribution is 2.38. The first-order valence-corrected chi connectivity index (χ1v) is 8.59. The zero-order chi connectivity index (χ0) is 18.7. The third-order valence-corrected chi connectivity index (χ3v) is 4.02. The summed E-state index contributed by atoms with van der Waals surface area (Å²) in [5.74, 6) is 2.64. The molecule has 0 radical (unpaired) electrons. The van der Waals surface area contributed by atoms with Gasteiger partial charge >= 0.3 is 0 Å². The largest absolute Gasteiger partial charge is 0.493 e. The lowest BCUT2D eigenvalue weighted by molar-refractivity contribution is 0.308. The Hall–Kier alpha value is -2.15. The number of guanidine groups is 1. The third kappa shape index (κ3) is 6.34. The molecule has 0 heterocycles. The van der Waals surface area contributed by atoms with E-state index in [1.165, 1.54) is 0 Å². The summed E-state index contributed by atoms with van der Waals surface area (Å²) in [6.45, 7) is 8.86. The summed E-state index contributed by atoms with van der Waals surface area (Å²) in [4.78, 5) is 6.62. The summed E-state index contributed by atoms with van der Waals surface area (Å²) in [6, 6.07) is 3.86. The Balaban J connectivity index is 2.66. The van der Waals surface area contributed by atoms with Crippen molar-refractivity contribution in [1.29, 1.82) is 0 Å². The molecule has 0 aliphatic heterocycles. The van der Waals surface area contributed by atoms with Gasteiger partial charge in [-0.15, -0.1) is 0 Å². The fourth-order valence-corrected chi connectivity index (χ4v) is 2.52. The Morgan fingerprint density at radius 1 is 1.00 bits per heavy atom. The minimum absolute atomic E-state index is 0.593. The standard InChI is InChI=1S/C18H32N4O3/c1-7-22(8-2)10-9-20-18(19-3)21-13-14-11-15(23-4)17(25-6)16(12-14)24-5/h11-12H,7-10,13H2,1-6H3,(H2,19,20,21). The third-order valence-electron chi connectivity index (χ3n) is 4.02. The minimum atomic E-state index is 0.593. The fraction of sp³-hybridized carbons (Fsp3) is 0.611. The molecule has 1 aromatic carbocycles. The van der Waals surface area contributed by atoms with Crippen LogP contribution in [0, 0.1) is 0 Å². The molecule has 25 heavy (non-hydrogen) atoms. The van der Waals surface area contributed by atoms with E-state index in [9.17, 15) is 0 Å². The van der Waals surface area contributed by atoms with E-state index in [-0.39, 0.29) is 0 Å². The zero-order valence-corrected chi connectivity index (χ0v) is 16.3. The Morgan fingerprint density at radius 3 is 2.04 bits per heavy atom. The van der Waals surface area contributed by atoms with E-state index < -0.39 is 0 Å². The van der Waals surface area contributed by atoms with Gasteiger partial charge in [-0.25, -0.2) is 0 Å². The van der Waals surface area contributed by atoms with E-state index in [1.807, 2.05) is 12.1 Å². The highest BCUT2D eigenvalue weighted by molar-refractivity contribution is 5.79. The van der Waals surface area contributed by atoms with Gasteiger partial charge in [0.15, 0.2) is 17.5 Å². The van der Waals surface area contributed by atoms with E-state index in [0.29, 0.717) is 23.8 Å². The first kappa shape index (κ1) is 20.9. The summed E-state index contributed by atoms with van der Waals surface area (Å²) in [6.07, 6.45) is 0. The van der Waals surface area contributed by atoms with Crippen molar-refractivity contribution in [3.05, 3.63) is 17.7 Å². The number of methoxy groups -OCH3 is 3. The van der Waals surface area contributed by atoms with Crippen molar-refractivity contribution in [2.75, 3.05) is 54.6 Å². The molecule has 0 saturated heterocycles. The van der Waals surface area contributed by atoms with Crippen LogP contribution in [0.15, 0.2) is 17.1 Å². The molecule has 0 aliphatic rings. The Labute approximate surface area is 151 Å². The average Bonchev–Trinajstić information content (AvgIpc) is 2.66. The lowest BCUT2D eigenvalue weighted by Gasteiger charge is -2.19. The number of hydrogen-bond donors (Lipinski definition) is 2. The zero-order valence-electron chi connectivity index (χ0n) is 16.3. The highest BCUT2D eigenvalue weighted by Gasteiger charge is 2.13. The van der Waals surface area contributed by atoms with Crippen molar-refractivity contribution in [3.8, 4) is 17.2 Å². The molecule has 0 aliphatic carbocycles. The molecular weight excluding hydrogens is 320 g/mol. The van der Waals surface area contributed by atoms with Gasteiger partial charge in [0.25, 0.3) is 0 Å². The predicted octanol–water partition coefficient (Wildman–Crippen LogP) is 1.72. The van der Waals surface area contributed by atoms with Crippen LogP contribution in [0.25, 0.3) is 0 Å². The summed E-state index contributed by atoms with van der Waals surface area (Å²) >= 11 is 0. The van der Waals surface area contributed by atoms with Crippen molar-refractivity contribution >= 4 is 5.96 Å². The molecule has 0 bridgehead atoms. The summed E-state index contributed by atoms with van der Waals surface area (Å²) in [7, 11) is 6.59. The summed E-state index contributed by atoms with van der Waals surface area (Å²) in [5, 5.41) is 6.63. The van der Waals surface area contributed by atoms with Crippen LogP contribution in [0.3, 0.4) is 0 Å². The second-order valence-corrected chi connectivity index (χ2v) is 5.41. The Kier molecular flexibility index (Phi) is 9.54. The van der Waals surface area contributed by atoms with Crippen LogP contribution >= 0.6 is 0 Å². The highest BCUT2D eigenvalue weighted by atomic mass is 16.5. The van der Waals surface area contributed by atoms with Gasteiger partial charge in [-0.05, 0) is 30.8 Å². The lowest BCUT2D eigenvalue weighted by atomic mass is 10.2. The molecule has 0 amide bonds. The van der Waals surface area contributed by atoms with Crippen LogP contribution in [-0.4, -0.2) is 65.4 Å². The molecular formula is C18H32N4O3. The molecule has 7 heteroatoms. The maximum absolute atomic E-state index is 5.38. The van der Waals surface area contributed by atoms with Crippen molar-refractivity contribution in [3.63, 3.8) is 0 Å². The molecule has 2 N–H and O–H groups in total. The normalized spacial score (nSPS) is 11.4. The lowest BCUT2D eigenvalue weighted by Crippen LogP contribution is -2.41. The summed E-state index contributed by atoms with van der Waals surface area (Å²) in [5.41, 5.74) is 1.01. The second kappa shape index (κ2) is 11.4. The van der Waals surface area contributed by atoms with Gasteiger partial charge in [-0.2, -0.15) is 0 Å². The first-order chi connectivity index (χ1) is 12.1. The summed E-state index contributed by atoms with van der Waals surface area (Å²) < 4.78 is 16.1. The molecule has 7 nitrogen and oxygen atoms in total. The second-order valence-electron chi connectivity index (χ2n) is 5.41. The molecule has 142 valence electrons. The van der Waals surface area contributed by atoms with Crippen LogP contribution in [-0.2, 0) is 6.54 Å². The quantitative estimate of drug-likeness (QED) is 0.494. The maximum atomic E-state index is 5.38. The van der Waals surface area contributed by atoms with Gasteiger partial charge in [0, 0.05) is 26.7 Å². The van der Waals surface area contributed by atoms with Crippen molar-refractivity contribution in [2.45, 2.75) is 20.4 Å². The number of hydrogen-bond acceptors (Lipinski definition) is 5. The van der Waals surface area contributed by atoms with Crippen LogP contribution < -0.4 is 24.8 Å². The minimum Gasteiger partial charge on any atom is -0.493 e. The van der Waals surface area contributed by atoms with Crippen molar-refractivity contribution in [2.24, 2.45) is 4.99 Å². The number of rotatable bonds is 10. The van der Waals surface area contributed by atoms with Gasteiger partial charge in [-0.3, -0.25) is 4.99 Å². The van der Waals surface area contributed by atoms with E-state index in [4.69, 9.17) is 14.2 Å². The number of nitrogens with zero attached hydrogens (tertiary/aromatic N) is 2. The predicted molar refractivity (Wildman–Crippen MR) is 102 cm³/mol. The number of ether oxygens (including phenoxy) is 3.